The van der Waals surface area contributed by atoms with Crippen LogP contribution in [0.5, 0.6) is 0 Å². The summed E-state index contributed by atoms with van der Waals surface area (Å²) in [6, 6.07) is 4.69. The Morgan fingerprint density at radius 2 is 1.55 bits per heavy atom. The maximum Gasteiger partial charge on any atom is 0.228 e. The van der Waals surface area contributed by atoms with E-state index in [2.05, 4.69) is 5.32 Å². The van der Waals surface area contributed by atoms with Gasteiger partial charge in [0.25, 0.3) is 0 Å². The minimum atomic E-state index is -1.20. The zero-order chi connectivity index (χ0) is 16.4. The van der Waals surface area contributed by atoms with Crippen LogP contribution in [0.25, 0.3) is 0 Å². The lowest BCUT2D eigenvalue weighted by Gasteiger charge is -2.32. The number of carboxylic acids is 1. The summed E-state index contributed by atoms with van der Waals surface area (Å²) in [4.78, 5) is 23.8. The first-order chi connectivity index (χ1) is 10.3. The van der Waals surface area contributed by atoms with Crippen LogP contribution in [0.1, 0.15) is 26.7 Å². The summed E-state index contributed by atoms with van der Waals surface area (Å²) in [5.41, 5.74) is 2.49. The first kappa shape index (κ1) is 16.8. The van der Waals surface area contributed by atoms with Gasteiger partial charge in [-0.05, 0) is 44.9 Å². The van der Waals surface area contributed by atoms with Crippen molar-refractivity contribution in [3.8, 4) is 0 Å². The topological polar surface area (TPSA) is 69.2 Å². The molecule has 0 aliphatic heterocycles. The van der Waals surface area contributed by atoms with Crippen LogP contribution in [0.2, 0.25) is 10.0 Å². The van der Waals surface area contributed by atoms with Gasteiger partial charge in [-0.1, -0.05) is 34.3 Å². The lowest BCUT2D eigenvalue weighted by molar-refractivity contribution is -0.313. The van der Waals surface area contributed by atoms with Crippen molar-refractivity contribution in [2.75, 3.05) is 5.32 Å². The molecular formula is C16H16Cl2NO3-. The van der Waals surface area contributed by atoms with Crippen molar-refractivity contribution in [2.45, 2.75) is 26.7 Å². The molecule has 0 spiro atoms. The molecule has 1 aliphatic rings. The molecule has 0 saturated heterocycles. The fraction of sp³-hybridized carbons (Fsp3) is 0.375. The fourth-order valence-electron chi connectivity index (χ4n) is 2.68. The van der Waals surface area contributed by atoms with Crippen LogP contribution < -0.4 is 10.4 Å². The van der Waals surface area contributed by atoms with Crippen molar-refractivity contribution in [3.63, 3.8) is 0 Å². The Bertz CT molecular complexity index is 635. The van der Waals surface area contributed by atoms with E-state index in [4.69, 9.17) is 23.2 Å². The van der Waals surface area contributed by atoms with E-state index in [-0.39, 0.29) is 5.91 Å². The van der Waals surface area contributed by atoms with Gasteiger partial charge in [0.05, 0.1) is 5.92 Å². The number of benzene rings is 1. The first-order valence-corrected chi connectivity index (χ1v) is 7.66. The predicted molar refractivity (Wildman–Crippen MR) is 84.7 cm³/mol. The molecule has 0 aromatic heterocycles. The third-order valence-corrected chi connectivity index (χ3v) is 4.47. The molecule has 4 nitrogen and oxygen atoms in total. The van der Waals surface area contributed by atoms with Gasteiger partial charge in [0.2, 0.25) is 5.91 Å². The number of allylic oxidation sites excluding steroid dienone is 2. The van der Waals surface area contributed by atoms with Crippen molar-refractivity contribution < 1.29 is 14.7 Å². The van der Waals surface area contributed by atoms with Crippen LogP contribution in [0, 0.1) is 11.8 Å². The van der Waals surface area contributed by atoms with E-state index in [0.29, 0.717) is 28.6 Å². The zero-order valence-electron chi connectivity index (χ0n) is 12.3. The Labute approximate surface area is 139 Å². The number of halogens is 2. The van der Waals surface area contributed by atoms with Crippen molar-refractivity contribution in [2.24, 2.45) is 11.8 Å². The molecule has 0 saturated carbocycles. The van der Waals surface area contributed by atoms with Crippen molar-refractivity contribution in [1.82, 2.24) is 0 Å². The molecular weight excluding hydrogens is 325 g/mol. The van der Waals surface area contributed by atoms with E-state index >= 15 is 0 Å². The van der Waals surface area contributed by atoms with Crippen molar-refractivity contribution in [1.29, 1.82) is 0 Å². The average Bonchev–Trinajstić information content (AvgIpc) is 2.39. The molecule has 2 atom stereocenters. The largest absolute Gasteiger partial charge is 0.550 e. The van der Waals surface area contributed by atoms with Crippen LogP contribution in [0.4, 0.5) is 5.69 Å². The normalized spacial score (nSPS) is 21.6. The molecule has 0 radical (unpaired) electrons. The van der Waals surface area contributed by atoms with Gasteiger partial charge in [-0.25, -0.2) is 0 Å². The SMILES string of the molecule is CC1=C(C)C[C@H](C(=O)Nc2cc(Cl)cc(Cl)c2)[C@@H](C(=O)[O-])C1. The highest BCUT2D eigenvalue weighted by molar-refractivity contribution is 6.35. The second-order valence-electron chi connectivity index (χ2n) is 5.65. The smallest absolute Gasteiger partial charge is 0.228 e. The van der Waals surface area contributed by atoms with E-state index in [1.54, 1.807) is 18.2 Å². The minimum Gasteiger partial charge on any atom is -0.550 e. The van der Waals surface area contributed by atoms with E-state index in [0.717, 1.165) is 11.1 Å². The highest BCUT2D eigenvalue weighted by atomic mass is 35.5. The van der Waals surface area contributed by atoms with Gasteiger partial charge < -0.3 is 15.2 Å². The standard InChI is InChI=1S/C16H17Cl2NO3/c1-8-3-13(14(16(21)22)4-9(8)2)15(20)19-12-6-10(17)5-11(18)7-12/h5-7,13-14H,3-4H2,1-2H3,(H,19,20)(H,21,22)/p-1/t13-,14-/m0/s1. The molecule has 118 valence electrons. The fourth-order valence-corrected chi connectivity index (χ4v) is 3.20. The number of rotatable bonds is 3. The number of anilines is 1. The molecule has 1 amide bonds. The zero-order valence-corrected chi connectivity index (χ0v) is 13.8. The summed E-state index contributed by atoms with van der Waals surface area (Å²) in [5, 5.41) is 14.8. The second kappa shape index (κ2) is 6.71. The summed E-state index contributed by atoms with van der Waals surface area (Å²) in [6.07, 6.45) is 0.743. The van der Waals surface area contributed by atoms with E-state index in [9.17, 15) is 14.7 Å². The minimum absolute atomic E-state index is 0.336. The Morgan fingerprint density at radius 3 is 2.05 bits per heavy atom. The van der Waals surface area contributed by atoms with Crippen molar-refractivity contribution in [3.05, 3.63) is 39.4 Å². The average molecular weight is 341 g/mol. The Hall–Kier alpha value is -1.52. The van der Waals surface area contributed by atoms with Crippen LogP contribution in [0.15, 0.2) is 29.3 Å². The number of nitrogens with one attached hydrogen (secondary N) is 1. The Morgan fingerprint density at radius 1 is 1.05 bits per heavy atom. The van der Waals surface area contributed by atoms with Gasteiger partial charge in [0.15, 0.2) is 0 Å². The van der Waals surface area contributed by atoms with Gasteiger partial charge in [-0.15, -0.1) is 0 Å². The van der Waals surface area contributed by atoms with Crippen LogP contribution in [-0.2, 0) is 9.59 Å². The quantitative estimate of drug-likeness (QED) is 0.859. The van der Waals surface area contributed by atoms with E-state index in [1.807, 2.05) is 13.8 Å². The summed E-state index contributed by atoms with van der Waals surface area (Å²) in [6.45, 7) is 3.80. The van der Waals surface area contributed by atoms with Gasteiger partial charge in [-0.2, -0.15) is 0 Å². The monoisotopic (exact) mass is 340 g/mol. The molecule has 1 N–H and O–H groups in total. The number of amides is 1. The summed E-state index contributed by atoms with van der Waals surface area (Å²) in [7, 11) is 0. The summed E-state index contributed by atoms with van der Waals surface area (Å²) < 4.78 is 0. The predicted octanol–water partition coefficient (Wildman–Crippen LogP) is 3.04. The van der Waals surface area contributed by atoms with Crippen molar-refractivity contribution >= 4 is 40.8 Å². The molecule has 22 heavy (non-hydrogen) atoms. The molecule has 1 aromatic carbocycles. The van der Waals surface area contributed by atoms with Crippen LogP contribution in [0.3, 0.4) is 0 Å². The molecule has 0 heterocycles. The van der Waals surface area contributed by atoms with Crippen LogP contribution >= 0.6 is 23.2 Å². The number of carbonyl (C=O) groups is 2. The van der Waals surface area contributed by atoms with E-state index in [1.165, 1.54) is 0 Å². The molecule has 0 bridgehead atoms. The highest BCUT2D eigenvalue weighted by Crippen LogP contribution is 2.35. The third-order valence-electron chi connectivity index (χ3n) is 4.04. The van der Waals surface area contributed by atoms with Crippen LogP contribution in [-0.4, -0.2) is 11.9 Å². The maximum absolute atomic E-state index is 12.4. The molecule has 2 rings (SSSR count). The highest BCUT2D eigenvalue weighted by Gasteiger charge is 2.33. The van der Waals surface area contributed by atoms with Gasteiger partial charge in [0, 0.05) is 27.6 Å². The van der Waals surface area contributed by atoms with Gasteiger partial charge in [-0.3, -0.25) is 4.79 Å². The maximum atomic E-state index is 12.4. The molecule has 0 unspecified atom stereocenters. The summed E-state index contributed by atoms with van der Waals surface area (Å²) in [5.74, 6) is -3.04. The second-order valence-corrected chi connectivity index (χ2v) is 6.52. The number of hydrogen-bond donors (Lipinski definition) is 1. The summed E-state index contributed by atoms with van der Waals surface area (Å²) >= 11 is 11.8. The number of aliphatic carboxylic acids is 1. The Balaban J connectivity index is 2.21. The first-order valence-electron chi connectivity index (χ1n) is 6.91. The molecule has 1 aliphatic carbocycles. The number of hydrogen-bond acceptors (Lipinski definition) is 3. The van der Waals surface area contributed by atoms with E-state index < -0.39 is 17.8 Å². The number of carboxylic acid groups (broad SMARTS) is 1. The van der Waals surface area contributed by atoms with Gasteiger partial charge >= 0.3 is 0 Å². The lowest BCUT2D eigenvalue weighted by atomic mass is 9.76. The number of carbonyl (C=O) groups excluding carboxylic acids is 2. The molecule has 6 heteroatoms. The third kappa shape index (κ3) is 3.81. The molecule has 1 aromatic rings. The molecule has 0 fully saturated rings. The lowest BCUT2D eigenvalue weighted by Crippen LogP contribution is -2.42. The Kier molecular flexibility index (Phi) is 5.14. The van der Waals surface area contributed by atoms with Gasteiger partial charge in [0.1, 0.15) is 0 Å².